The number of aromatic nitrogens is 2. The van der Waals surface area contributed by atoms with E-state index >= 15 is 0 Å². The third-order valence-corrected chi connectivity index (χ3v) is 3.02. The topological polar surface area (TPSA) is 77.2 Å². The van der Waals surface area contributed by atoms with Crippen molar-refractivity contribution in [2.45, 2.75) is 32.7 Å². The molecule has 1 N–H and O–H groups in total. The van der Waals surface area contributed by atoms with Crippen LogP contribution < -0.4 is 5.32 Å². The first-order chi connectivity index (χ1) is 10.1. The van der Waals surface area contributed by atoms with Gasteiger partial charge in [0.1, 0.15) is 11.6 Å². The number of methoxy groups -OCH3 is 1. The highest BCUT2D eigenvalue weighted by Gasteiger charge is 2.12. The Hall–Kier alpha value is -2.37. The Morgan fingerprint density at radius 3 is 2.95 bits per heavy atom. The molecule has 0 aliphatic rings. The van der Waals surface area contributed by atoms with Gasteiger partial charge < -0.3 is 14.5 Å². The van der Waals surface area contributed by atoms with Gasteiger partial charge in [-0.15, -0.1) is 0 Å². The fraction of sp³-hybridized carbons (Fsp3) is 0.400. The number of anilines is 1. The summed E-state index contributed by atoms with van der Waals surface area (Å²) < 4.78 is 9.95. The number of rotatable bonds is 6. The van der Waals surface area contributed by atoms with E-state index in [-0.39, 0.29) is 11.9 Å². The summed E-state index contributed by atoms with van der Waals surface area (Å²) in [5.74, 6) is 1.11. The number of nitrogens with zero attached hydrogens (tertiary/aromatic N) is 2. The first-order valence-electron chi connectivity index (χ1n) is 6.81. The Morgan fingerprint density at radius 1 is 1.48 bits per heavy atom. The lowest BCUT2D eigenvalue weighted by atomic mass is 10.1. The average molecular weight is 289 g/mol. The molecule has 1 atom stereocenters. The Kier molecular flexibility index (Phi) is 4.92. The number of carbonyl (C=O) groups excluding carboxylic acids is 1. The highest BCUT2D eigenvalue weighted by Crippen LogP contribution is 2.12. The molecule has 0 bridgehead atoms. The zero-order valence-electron chi connectivity index (χ0n) is 12.4. The van der Waals surface area contributed by atoms with Crippen molar-refractivity contribution in [1.29, 1.82) is 0 Å². The molecule has 0 spiro atoms. The zero-order valence-corrected chi connectivity index (χ0v) is 12.4. The Bertz CT molecular complexity index is 596. The molecule has 2 heterocycles. The minimum atomic E-state index is -0.537. The van der Waals surface area contributed by atoms with Crippen molar-refractivity contribution in [3.05, 3.63) is 41.7 Å². The molecule has 0 saturated carbocycles. The van der Waals surface area contributed by atoms with Gasteiger partial charge in [-0.25, -0.2) is 14.8 Å². The first kappa shape index (κ1) is 15.0. The normalized spacial score (nSPS) is 12.0. The van der Waals surface area contributed by atoms with Crippen LogP contribution in [0.2, 0.25) is 0 Å². The van der Waals surface area contributed by atoms with Gasteiger partial charge in [0.05, 0.1) is 13.4 Å². The lowest BCUT2D eigenvalue weighted by Crippen LogP contribution is -2.19. The summed E-state index contributed by atoms with van der Waals surface area (Å²) in [6, 6.07) is 5.83. The van der Waals surface area contributed by atoms with Crippen molar-refractivity contribution < 1.29 is 13.9 Å². The third kappa shape index (κ3) is 4.30. The lowest BCUT2D eigenvalue weighted by molar-refractivity contribution is 0.0586. The maximum atomic E-state index is 11.5. The molecule has 6 heteroatoms. The van der Waals surface area contributed by atoms with Crippen LogP contribution >= 0.6 is 0 Å². The van der Waals surface area contributed by atoms with Crippen LogP contribution in [0.3, 0.4) is 0 Å². The molecule has 0 aromatic carbocycles. The number of nitrogens with one attached hydrogen (secondary N) is 1. The van der Waals surface area contributed by atoms with Gasteiger partial charge in [0.25, 0.3) is 0 Å². The molecule has 0 radical (unpaired) electrons. The molecule has 0 fully saturated rings. The number of hydrogen-bond acceptors (Lipinski definition) is 6. The van der Waals surface area contributed by atoms with E-state index in [0.717, 1.165) is 18.6 Å². The van der Waals surface area contributed by atoms with Gasteiger partial charge >= 0.3 is 5.97 Å². The van der Waals surface area contributed by atoms with Crippen LogP contribution in [0.15, 0.2) is 28.9 Å². The Balaban J connectivity index is 1.98. The van der Waals surface area contributed by atoms with Crippen LogP contribution in [0, 0.1) is 6.92 Å². The fourth-order valence-corrected chi connectivity index (χ4v) is 1.96. The standard InChI is InChI=1S/C15H19N3O3/c1-10(6-7-12-5-4-8-21-12)16-13-9-11(2)17-14(18-13)15(19)20-3/h4-5,8-10H,6-7H2,1-3H3,(H,16,17,18). The predicted octanol–water partition coefficient (Wildman–Crippen LogP) is 2.60. The van der Waals surface area contributed by atoms with Crippen molar-refractivity contribution in [3.8, 4) is 0 Å². The summed E-state index contributed by atoms with van der Waals surface area (Å²) in [6.07, 6.45) is 3.41. The predicted molar refractivity (Wildman–Crippen MR) is 78.2 cm³/mol. The summed E-state index contributed by atoms with van der Waals surface area (Å²) in [4.78, 5) is 19.7. The molecule has 0 aliphatic heterocycles. The second-order valence-corrected chi connectivity index (χ2v) is 4.87. The van der Waals surface area contributed by atoms with Gasteiger partial charge in [0.15, 0.2) is 0 Å². The summed E-state index contributed by atoms with van der Waals surface area (Å²) in [5.41, 5.74) is 0.714. The monoisotopic (exact) mass is 289 g/mol. The van der Waals surface area contributed by atoms with E-state index in [2.05, 4.69) is 26.9 Å². The number of carbonyl (C=O) groups is 1. The maximum Gasteiger partial charge on any atom is 0.376 e. The largest absolute Gasteiger partial charge is 0.469 e. The van der Waals surface area contributed by atoms with E-state index in [4.69, 9.17) is 4.42 Å². The minimum absolute atomic E-state index is 0.0678. The van der Waals surface area contributed by atoms with Gasteiger partial charge in [0.2, 0.25) is 5.82 Å². The number of esters is 1. The zero-order chi connectivity index (χ0) is 15.2. The van der Waals surface area contributed by atoms with E-state index in [0.29, 0.717) is 11.5 Å². The summed E-state index contributed by atoms with van der Waals surface area (Å²) in [7, 11) is 1.31. The molecule has 6 nitrogen and oxygen atoms in total. The van der Waals surface area contributed by atoms with Crippen molar-refractivity contribution in [1.82, 2.24) is 9.97 Å². The van der Waals surface area contributed by atoms with Crippen molar-refractivity contribution in [2.75, 3.05) is 12.4 Å². The van der Waals surface area contributed by atoms with Crippen LogP contribution in [-0.4, -0.2) is 29.1 Å². The molecule has 2 rings (SSSR count). The van der Waals surface area contributed by atoms with Gasteiger partial charge in [-0.05, 0) is 32.4 Å². The number of ether oxygens (including phenoxy) is 1. The van der Waals surface area contributed by atoms with E-state index in [1.807, 2.05) is 19.1 Å². The number of hydrogen-bond donors (Lipinski definition) is 1. The van der Waals surface area contributed by atoms with Crippen LogP contribution in [-0.2, 0) is 11.2 Å². The smallest absolute Gasteiger partial charge is 0.376 e. The fourth-order valence-electron chi connectivity index (χ4n) is 1.96. The molecule has 0 amide bonds. The number of furan rings is 1. The third-order valence-electron chi connectivity index (χ3n) is 3.02. The van der Waals surface area contributed by atoms with Crippen LogP contribution in [0.5, 0.6) is 0 Å². The first-order valence-corrected chi connectivity index (χ1v) is 6.81. The van der Waals surface area contributed by atoms with Gasteiger partial charge in [0, 0.05) is 24.2 Å². The molecule has 0 saturated heterocycles. The summed E-state index contributed by atoms with van der Waals surface area (Å²) in [6.45, 7) is 3.87. The molecular weight excluding hydrogens is 270 g/mol. The summed E-state index contributed by atoms with van der Waals surface area (Å²) >= 11 is 0. The maximum absolute atomic E-state index is 11.5. The van der Waals surface area contributed by atoms with Gasteiger partial charge in [-0.2, -0.15) is 0 Å². The lowest BCUT2D eigenvalue weighted by Gasteiger charge is -2.14. The summed E-state index contributed by atoms with van der Waals surface area (Å²) in [5, 5.41) is 3.26. The molecule has 0 aliphatic carbocycles. The van der Waals surface area contributed by atoms with Gasteiger partial charge in [-0.3, -0.25) is 0 Å². The molecular formula is C15H19N3O3. The van der Waals surface area contributed by atoms with Crippen LogP contribution in [0.4, 0.5) is 5.82 Å². The Labute approximate surface area is 123 Å². The SMILES string of the molecule is COC(=O)c1nc(C)cc(NC(C)CCc2ccco2)n1. The van der Waals surface area contributed by atoms with E-state index in [1.165, 1.54) is 7.11 Å². The van der Waals surface area contributed by atoms with E-state index < -0.39 is 5.97 Å². The minimum Gasteiger partial charge on any atom is -0.469 e. The van der Waals surface area contributed by atoms with Crippen molar-refractivity contribution >= 4 is 11.8 Å². The average Bonchev–Trinajstić information content (AvgIpc) is 2.97. The van der Waals surface area contributed by atoms with E-state index in [1.54, 1.807) is 12.3 Å². The quantitative estimate of drug-likeness (QED) is 0.824. The molecule has 1 unspecified atom stereocenters. The van der Waals surface area contributed by atoms with Crippen LogP contribution in [0.25, 0.3) is 0 Å². The molecule has 2 aromatic heterocycles. The van der Waals surface area contributed by atoms with E-state index in [9.17, 15) is 4.79 Å². The second-order valence-electron chi connectivity index (χ2n) is 4.87. The Morgan fingerprint density at radius 2 is 2.29 bits per heavy atom. The van der Waals surface area contributed by atoms with Crippen molar-refractivity contribution in [2.24, 2.45) is 0 Å². The highest BCUT2D eigenvalue weighted by atomic mass is 16.5. The molecule has 112 valence electrons. The highest BCUT2D eigenvalue weighted by molar-refractivity contribution is 5.85. The number of aryl methyl sites for hydroxylation is 2. The molecule has 2 aromatic rings. The van der Waals surface area contributed by atoms with Gasteiger partial charge in [-0.1, -0.05) is 0 Å². The molecule has 21 heavy (non-hydrogen) atoms. The van der Waals surface area contributed by atoms with Crippen molar-refractivity contribution in [3.63, 3.8) is 0 Å². The van der Waals surface area contributed by atoms with Crippen LogP contribution in [0.1, 0.15) is 35.4 Å². The second kappa shape index (κ2) is 6.88.